The number of nitrogens with one attached hydrogen (secondary N) is 1. The second-order valence-electron chi connectivity index (χ2n) is 2.91. The summed E-state index contributed by atoms with van der Waals surface area (Å²) in [7, 11) is 0. The average molecular weight is 201 g/mol. The van der Waals surface area contributed by atoms with Crippen LogP contribution < -0.4 is 4.74 Å². The van der Waals surface area contributed by atoms with Crippen LogP contribution in [0.3, 0.4) is 0 Å². The summed E-state index contributed by atoms with van der Waals surface area (Å²) in [5.41, 5.74) is 1.50. The highest BCUT2D eigenvalue weighted by Gasteiger charge is 2.03. The van der Waals surface area contributed by atoms with Crippen molar-refractivity contribution in [1.82, 2.24) is 9.97 Å². The lowest BCUT2D eigenvalue weighted by molar-refractivity contribution is -0.120. The van der Waals surface area contributed by atoms with E-state index in [0.717, 1.165) is 11.0 Å². The fraction of sp³-hybridized carbons (Fsp3) is 0.100. The molecule has 0 radical (unpaired) electrons. The summed E-state index contributed by atoms with van der Waals surface area (Å²) in [6.45, 7) is 0.369. The smallest absolute Gasteiger partial charge is 0.298 e. The van der Waals surface area contributed by atoms with E-state index in [1.54, 1.807) is 18.2 Å². The molecule has 0 saturated carbocycles. The van der Waals surface area contributed by atoms with Crippen molar-refractivity contribution < 1.29 is 9.53 Å². The maximum absolute atomic E-state index is 10.1. The number of H-pyrrole nitrogens is 1. The van der Waals surface area contributed by atoms with Crippen LogP contribution in [0.2, 0.25) is 0 Å². The summed E-state index contributed by atoms with van der Waals surface area (Å²) < 4.78 is 4.69. The van der Waals surface area contributed by atoms with Gasteiger partial charge in [-0.05, 0) is 12.1 Å². The predicted molar refractivity (Wildman–Crippen MR) is 52.1 cm³/mol. The van der Waals surface area contributed by atoms with E-state index in [1.165, 1.54) is 0 Å². The van der Waals surface area contributed by atoms with Gasteiger partial charge in [0, 0.05) is 6.07 Å². The van der Waals surface area contributed by atoms with E-state index in [2.05, 4.69) is 14.7 Å². The highest BCUT2D eigenvalue weighted by molar-refractivity contribution is 5.77. The van der Waals surface area contributed by atoms with E-state index in [0.29, 0.717) is 18.0 Å². The van der Waals surface area contributed by atoms with Crippen LogP contribution in [0.1, 0.15) is 5.82 Å². The number of carbonyl (C=O) groups excluding carboxylic acids is 1. The van der Waals surface area contributed by atoms with E-state index in [9.17, 15) is 4.79 Å². The fourth-order valence-corrected chi connectivity index (χ4v) is 1.33. The van der Waals surface area contributed by atoms with Gasteiger partial charge in [0.2, 0.25) is 0 Å². The zero-order valence-electron chi connectivity index (χ0n) is 7.73. The Morgan fingerprint density at radius 2 is 2.47 bits per heavy atom. The van der Waals surface area contributed by atoms with Gasteiger partial charge in [0.25, 0.3) is 6.47 Å². The van der Waals surface area contributed by atoms with E-state index in [1.807, 2.05) is 6.07 Å². The number of rotatable bonds is 3. The highest BCUT2D eigenvalue weighted by atomic mass is 16.5. The molecule has 2 aromatic rings. The molecule has 1 aromatic carbocycles. The highest BCUT2D eigenvalue weighted by Crippen LogP contribution is 2.18. The lowest BCUT2D eigenvalue weighted by Crippen LogP contribution is -1.87. The molecule has 0 fully saturated rings. The fourth-order valence-electron chi connectivity index (χ4n) is 1.33. The van der Waals surface area contributed by atoms with Crippen molar-refractivity contribution in [2.24, 2.45) is 0 Å². The molecule has 0 aliphatic rings. The zero-order chi connectivity index (χ0) is 10.7. The molecule has 0 unspecified atom stereocenters. The molecule has 0 aliphatic carbocycles. The van der Waals surface area contributed by atoms with Crippen LogP contribution in [-0.4, -0.2) is 16.4 Å². The molecule has 1 N–H and O–H groups in total. The van der Waals surface area contributed by atoms with Crippen molar-refractivity contribution in [3.8, 4) is 11.8 Å². The van der Waals surface area contributed by atoms with Gasteiger partial charge in [-0.1, -0.05) is 0 Å². The summed E-state index contributed by atoms with van der Waals surface area (Å²) >= 11 is 0. The lowest BCUT2D eigenvalue weighted by atomic mass is 10.3. The summed E-state index contributed by atoms with van der Waals surface area (Å²) in [4.78, 5) is 17.3. The molecule has 0 aliphatic heterocycles. The number of carbonyl (C=O) groups is 1. The standard InChI is InChI=1S/C10H7N3O2/c11-4-3-10-12-8-2-1-7(15-6-14)5-9(8)13-10/h1-2,5-6H,3H2,(H,12,13). The van der Waals surface area contributed by atoms with Crippen LogP contribution in [0.5, 0.6) is 5.75 Å². The van der Waals surface area contributed by atoms with Crippen LogP contribution in [-0.2, 0) is 11.2 Å². The SMILES string of the molecule is N#CCc1nc2ccc(OC=O)cc2[nH]1. The first-order chi connectivity index (χ1) is 7.33. The number of hydrogen-bond donors (Lipinski definition) is 1. The minimum atomic E-state index is 0.235. The molecule has 1 aromatic heterocycles. The number of fused-ring (bicyclic) bond motifs is 1. The number of aromatic amines is 1. The summed E-state index contributed by atoms with van der Waals surface area (Å²) in [5.74, 6) is 1.06. The first-order valence-electron chi connectivity index (χ1n) is 4.29. The van der Waals surface area contributed by atoms with E-state index in [4.69, 9.17) is 5.26 Å². The molecule has 1 heterocycles. The molecule has 2 rings (SSSR count). The van der Waals surface area contributed by atoms with Crippen LogP contribution in [0, 0.1) is 11.3 Å². The molecular formula is C10H7N3O2. The summed E-state index contributed by atoms with van der Waals surface area (Å²) in [6.07, 6.45) is 0.235. The minimum absolute atomic E-state index is 0.235. The second-order valence-corrected chi connectivity index (χ2v) is 2.91. The van der Waals surface area contributed by atoms with Gasteiger partial charge in [0.1, 0.15) is 11.6 Å². The van der Waals surface area contributed by atoms with Gasteiger partial charge in [-0.2, -0.15) is 5.26 Å². The van der Waals surface area contributed by atoms with Crippen LogP contribution in [0.25, 0.3) is 11.0 Å². The Morgan fingerprint density at radius 3 is 3.20 bits per heavy atom. The number of nitrogens with zero attached hydrogens (tertiary/aromatic N) is 2. The van der Waals surface area contributed by atoms with Gasteiger partial charge in [0.15, 0.2) is 0 Å². The van der Waals surface area contributed by atoms with Gasteiger partial charge < -0.3 is 9.72 Å². The lowest BCUT2D eigenvalue weighted by Gasteiger charge is -1.95. The topological polar surface area (TPSA) is 78.8 Å². The van der Waals surface area contributed by atoms with Crippen LogP contribution in [0.4, 0.5) is 0 Å². The molecular weight excluding hydrogens is 194 g/mol. The van der Waals surface area contributed by atoms with Crippen LogP contribution in [0.15, 0.2) is 18.2 Å². The Kier molecular flexibility index (Phi) is 2.33. The van der Waals surface area contributed by atoms with Gasteiger partial charge in [-0.25, -0.2) is 4.98 Å². The maximum atomic E-state index is 10.1. The molecule has 15 heavy (non-hydrogen) atoms. The van der Waals surface area contributed by atoms with Gasteiger partial charge in [0.05, 0.1) is 23.5 Å². The number of aromatic nitrogens is 2. The Hall–Kier alpha value is -2.35. The summed E-state index contributed by atoms with van der Waals surface area (Å²) in [6, 6.07) is 7.04. The summed E-state index contributed by atoms with van der Waals surface area (Å²) in [5, 5.41) is 8.50. The van der Waals surface area contributed by atoms with Gasteiger partial charge >= 0.3 is 0 Å². The number of imidazole rings is 1. The van der Waals surface area contributed by atoms with Gasteiger partial charge in [-0.15, -0.1) is 0 Å². The number of benzene rings is 1. The van der Waals surface area contributed by atoms with Crippen molar-refractivity contribution in [2.45, 2.75) is 6.42 Å². The number of ether oxygens (including phenoxy) is 1. The molecule has 0 amide bonds. The molecule has 0 atom stereocenters. The maximum Gasteiger partial charge on any atom is 0.298 e. The van der Waals surface area contributed by atoms with Crippen molar-refractivity contribution in [2.75, 3.05) is 0 Å². The Bertz CT molecular complexity index is 539. The van der Waals surface area contributed by atoms with E-state index < -0.39 is 0 Å². The minimum Gasteiger partial charge on any atom is -0.429 e. The predicted octanol–water partition coefficient (Wildman–Crippen LogP) is 1.16. The Balaban J connectivity index is 2.43. The Labute approximate surface area is 85.3 Å². The third kappa shape index (κ3) is 1.79. The normalized spacial score (nSPS) is 9.80. The largest absolute Gasteiger partial charge is 0.429 e. The number of hydrogen-bond acceptors (Lipinski definition) is 4. The van der Waals surface area contributed by atoms with E-state index in [-0.39, 0.29) is 6.42 Å². The third-order valence-corrected chi connectivity index (χ3v) is 1.93. The molecule has 5 nitrogen and oxygen atoms in total. The zero-order valence-corrected chi connectivity index (χ0v) is 7.73. The molecule has 74 valence electrons. The number of nitriles is 1. The van der Waals surface area contributed by atoms with Gasteiger partial charge in [-0.3, -0.25) is 4.79 Å². The molecule has 5 heteroatoms. The Morgan fingerprint density at radius 1 is 1.60 bits per heavy atom. The van der Waals surface area contributed by atoms with Crippen molar-refractivity contribution in [1.29, 1.82) is 5.26 Å². The molecule has 0 saturated heterocycles. The van der Waals surface area contributed by atoms with Crippen molar-refractivity contribution in [3.05, 3.63) is 24.0 Å². The third-order valence-electron chi connectivity index (χ3n) is 1.93. The van der Waals surface area contributed by atoms with Crippen molar-refractivity contribution >= 4 is 17.5 Å². The van der Waals surface area contributed by atoms with E-state index >= 15 is 0 Å². The molecule has 0 bridgehead atoms. The average Bonchev–Trinajstić information content (AvgIpc) is 2.60. The second kappa shape index (κ2) is 3.80. The van der Waals surface area contributed by atoms with Crippen molar-refractivity contribution in [3.63, 3.8) is 0 Å². The monoisotopic (exact) mass is 201 g/mol. The van der Waals surface area contributed by atoms with Crippen LogP contribution >= 0.6 is 0 Å². The first-order valence-corrected chi connectivity index (χ1v) is 4.29. The first kappa shape index (κ1) is 9.21. The quantitative estimate of drug-likeness (QED) is 0.756. The molecule has 0 spiro atoms.